The normalized spacial score (nSPS) is 12.5. The Morgan fingerprint density at radius 2 is 2.30 bits per heavy atom. The number of carbonyl (C=O) groups excluding carboxylic acids is 1. The zero-order chi connectivity index (χ0) is 14.5. The number of fused-ring (bicyclic) bond motifs is 1. The molecule has 0 fully saturated rings. The van der Waals surface area contributed by atoms with Crippen LogP contribution in [-0.2, 0) is 4.79 Å². The van der Waals surface area contributed by atoms with Crippen LogP contribution >= 0.6 is 11.8 Å². The van der Waals surface area contributed by atoms with Gasteiger partial charge in [0, 0.05) is 5.69 Å². The van der Waals surface area contributed by atoms with E-state index >= 15 is 0 Å². The van der Waals surface area contributed by atoms with Crippen molar-refractivity contribution >= 4 is 34.5 Å². The number of oxazole rings is 1. The van der Waals surface area contributed by atoms with Gasteiger partial charge in [-0.05, 0) is 37.3 Å². The Labute approximate surface area is 121 Å². The first-order valence-corrected chi connectivity index (χ1v) is 7.70. The predicted octanol–water partition coefficient (Wildman–Crippen LogP) is 2.98. The molecule has 2 N–H and O–H groups in total. The Morgan fingerprint density at radius 1 is 1.50 bits per heavy atom. The van der Waals surface area contributed by atoms with Gasteiger partial charge < -0.3 is 9.73 Å². The smallest absolute Gasteiger partial charge is 0.408 e. The van der Waals surface area contributed by atoms with Crippen LogP contribution in [0.25, 0.3) is 11.1 Å². The molecule has 20 heavy (non-hydrogen) atoms. The van der Waals surface area contributed by atoms with Crippen LogP contribution in [0.2, 0.25) is 0 Å². The molecule has 0 aliphatic rings. The molecule has 1 amide bonds. The first kappa shape index (κ1) is 14.7. The summed E-state index contributed by atoms with van der Waals surface area (Å²) in [6.45, 7) is 4.03. The van der Waals surface area contributed by atoms with Gasteiger partial charge in [-0.15, -0.1) is 11.8 Å². The topological polar surface area (TPSA) is 75.1 Å². The lowest BCUT2D eigenvalue weighted by Crippen LogP contribution is -2.22. The van der Waals surface area contributed by atoms with Gasteiger partial charge in [-0.1, -0.05) is 13.3 Å². The fourth-order valence-electron chi connectivity index (χ4n) is 1.75. The summed E-state index contributed by atoms with van der Waals surface area (Å²) >= 11 is 1.65. The third kappa shape index (κ3) is 3.66. The van der Waals surface area contributed by atoms with E-state index in [-0.39, 0.29) is 11.2 Å². The maximum atomic E-state index is 12.0. The highest BCUT2D eigenvalue weighted by atomic mass is 32.2. The Balaban J connectivity index is 2.00. The zero-order valence-corrected chi connectivity index (χ0v) is 12.4. The number of thioether (sulfide) groups is 1. The standard InChI is InChI=1S/C14H18N2O3S/c1-3-4-7-20-9(2)13(17)15-10-5-6-12-11(8-10)16-14(18)19-12/h5-6,8-9H,3-4,7H2,1-2H3,(H,15,17)(H,16,18). The Kier molecular flexibility index (Phi) is 4.89. The van der Waals surface area contributed by atoms with Crippen molar-refractivity contribution in [3.05, 3.63) is 28.7 Å². The third-order valence-corrected chi connectivity index (χ3v) is 4.16. The van der Waals surface area contributed by atoms with E-state index in [9.17, 15) is 9.59 Å². The predicted molar refractivity (Wildman–Crippen MR) is 82.3 cm³/mol. The summed E-state index contributed by atoms with van der Waals surface area (Å²) in [7, 11) is 0. The van der Waals surface area contributed by atoms with Gasteiger partial charge in [0.25, 0.3) is 0 Å². The monoisotopic (exact) mass is 294 g/mol. The minimum Gasteiger partial charge on any atom is -0.408 e. The number of amides is 1. The van der Waals surface area contributed by atoms with E-state index in [2.05, 4.69) is 17.2 Å². The molecule has 1 aromatic heterocycles. The molecule has 0 spiro atoms. The Hall–Kier alpha value is -1.69. The fraction of sp³-hybridized carbons (Fsp3) is 0.429. The highest BCUT2D eigenvalue weighted by molar-refractivity contribution is 8.00. The van der Waals surface area contributed by atoms with E-state index in [1.807, 2.05) is 6.92 Å². The van der Waals surface area contributed by atoms with E-state index in [4.69, 9.17) is 4.42 Å². The minimum atomic E-state index is -0.494. The van der Waals surface area contributed by atoms with Crippen LogP contribution in [0.15, 0.2) is 27.4 Å². The number of anilines is 1. The van der Waals surface area contributed by atoms with Gasteiger partial charge in [-0.3, -0.25) is 9.78 Å². The molecule has 0 bridgehead atoms. The summed E-state index contributed by atoms with van der Waals surface area (Å²) in [5.41, 5.74) is 1.72. The van der Waals surface area contributed by atoms with Gasteiger partial charge in [0.05, 0.1) is 10.8 Å². The second kappa shape index (κ2) is 6.65. The molecule has 1 atom stereocenters. The molecule has 2 aromatic rings. The number of aromatic nitrogens is 1. The number of hydrogen-bond acceptors (Lipinski definition) is 4. The van der Waals surface area contributed by atoms with Crippen LogP contribution in [0, 0.1) is 0 Å². The van der Waals surface area contributed by atoms with Crippen LogP contribution in [0.5, 0.6) is 0 Å². The molecule has 6 heteroatoms. The van der Waals surface area contributed by atoms with Crippen molar-refractivity contribution in [1.29, 1.82) is 0 Å². The molecule has 1 unspecified atom stereocenters. The number of rotatable bonds is 6. The largest absolute Gasteiger partial charge is 0.417 e. The van der Waals surface area contributed by atoms with Crippen LogP contribution < -0.4 is 11.1 Å². The number of H-pyrrole nitrogens is 1. The molecule has 2 rings (SSSR count). The summed E-state index contributed by atoms with van der Waals surface area (Å²) < 4.78 is 4.91. The van der Waals surface area contributed by atoms with Gasteiger partial charge in [0.1, 0.15) is 0 Å². The van der Waals surface area contributed by atoms with E-state index in [1.165, 1.54) is 0 Å². The van der Waals surface area contributed by atoms with Gasteiger partial charge in [0.2, 0.25) is 5.91 Å². The third-order valence-electron chi connectivity index (χ3n) is 2.92. The van der Waals surface area contributed by atoms with Gasteiger partial charge in [-0.25, -0.2) is 4.79 Å². The summed E-state index contributed by atoms with van der Waals surface area (Å²) in [5.74, 6) is 0.461. The Bertz CT molecular complexity index is 647. The molecule has 0 aliphatic carbocycles. The highest BCUT2D eigenvalue weighted by Gasteiger charge is 2.13. The maximum Gasteiger partial charge on any atom is 0.417 e. The zero-order valence-electron chi connectivity index (χ0n) is 11.6. The number of aromatic amines is 1. The molecule has 0 aliphatic heterocycles. The lowest BCUT2D eigenvalue weighted by Gasteiger charge is -2.11. The molecular formula is C14H18N2O3S. The summed E-state index contributed by atoms with van der Waals surface area (Å²) in [4.78, 5) is 25.6. The fourth-order valence-corrected chi connectivity index (χ4v) is 2.77. The lowest BCUT2D eigenvalue weighted by atomic mass is 10.3. The van der Waals surface area contributed by atoms with Gasteiger partial charge in [-0.2, -0.15) is 0 Å². The summed E-state index contributed by atoms with van der Waals surface area (Å²) in [5, 5.41) is 2.75. The summed E-state index contributed by atoms with van der Waals surface area (Å²) in [6.07, 6.45) is 2.25. The highest BCUT2D eigenvalue weighted by Crippen LogP contribution is 2.19. The van der Waals surface area contributed by atoms with E-state index in [0.29, 0.717) is 16.8 Å². The van der Waals surface area contributed by atoms with Crippen molar-refractivity contribution in [3.63, 3.8) is 0 Å². The van der Waals surface area contributed by atoms with E-state index in [0.717, 1.165) is 18.6 Å². The van der Waals surface area contributed by atoms with Crippen molar-refractivity contribution in [3.8, 4) is 0 Å². The first-order valence-electron chi connectivity index (χ1n) is 6.65. The molecule has 1 aromatic carbocycles. The van der Waals surface area contributed by atoms with E-state index < -0.39 is 5.76 Å². The second-order valence-corrected chi connectivity index (χ2v) is 6.03. The number of carbonyl (C=O) groups is 1. The number of unbranched alkanes of at least 4 members (excludes halogenated alkanes) is 1. The Morgan fingerprint density at radius 3 is 3.05 bits per heavy atom. The van der Waals surface area contributed by atoms with Crippen molar-refractivity contribution < 1.29 is 9.21 Å². The van der Waals surface area contributed by atoms with E-state index in [1.54, 1.807) is 30.0 Å². The summed E-state index contributed by atoms with van der Waals surface area (Å²) in [6, 6.07) is 5.08. The molecule has 5 nitrogen and oxygen atoms in total. The molecule has 108 valence electrons. The number of nitrogens with one attached hydrogen (secondary N) is 2. The maximum absolute atomic E-state index is 12.0. The average molecular weight is 294 g/mol. The quantitative estimate of drug-likeness (QED) is 0.803. The first-order chi connectivity index (χ1) is 9.60. The van der Waals surface area contributed by atoms with Crippen LogP contribution in [0.4, 0.5) is 5.69 Å². The van der Waals surface area contributed by atoms with Crippen LogP contribution in [-0.4, -0.2) is 21.9 Å². The average Bonchev–Trinajstić information content (AvgIpc) is 2.78. The lowest BCUT2D eigenvalue weighted by molar-refractivity contribution is -0.115. The van der Waals surface area contributed by atoms with Gasteiger partial charge in [0.15, 0.2) is 5.58 Å². The number of hydrogen-bond donors (Lipinski definition) is 2. The SMILES string of the molecule is CCCCSC(C)C(=O)Nc1ccc2oc(=O)[nH]c2c1. The number of benzene rings is 1. The van der Waals surface area contributed by atoms with Crippen molar-refractivity contribution in [1.82, 2.24) is 4.98 Å². The molecule has 0 saturated heterocycles. The van der Waals surface area contributed by atoms with Crippen molar-refractivity contribution in [2.45, 2.75) is 31.9 Å². The molecule has 0 saturated carbocycles. The molecular weight excluding hydrogens is 276 g/mol. The van der Waals surface area contributed by atoms with Crippen LogP contribution in [0.3, 0.4) is 0 Å². The molecule has 1 heterocycles. The minimum absolute atomic E-state index is 0.0312. The van der Waals surface area contributed by atoms with Crippen molar-refractivity contribution in [2.24, 2.45) is 0 Å². The molecule has 0 radical (unpaired) electrons. The van der Waals surface area contributed by atoms with Crippen molar-refractivity contribution in [2.75, 3.05) is 11.1 Å². The second-order valence-electron chi connectivity index (χ2n) is 4.58. The van der Waals surface area contributed by atoms with Crippen LogP contribution in [0.1, 0.15) is 26.7 Å². The van der Waals surface area contributed by atoms with Gasteiger partial charge >= 0.3 is 5.76 Å².